The third-order valence-corrected chi connectivity index (χ3v) is 2.86. The molecule has 0 aliphatic carbocycles. The summed E-state index contributed by atoms with van der Waals surface area (Å²) in [5.41, 5.74) is 1.43. The van der Waals surface area contributed by atoms with Crippen LogP contribution in [0.25, 0.3) is 0 Å². The molecule has 1 fully saturated rings. The normalized spacial score (nSPS) is 23.6. The highest BCUT2D eigenvalue weighted by molar-refractivity contribution is 5.16. The van der Waals surface area contributed by atoms with E-state index < -0.39 is 0 Å². The van der Waals surface area contributed by atoms with Crippen molar-refractivity contribution in [1.29, 1.82) is 0 Å². The fraction of sp³-hybridized carbons (Fsp3) is 0.545. The first kappa shape index (κ1) is 8.70. The quantitative estimate of drug-likeness (QED) is 0.687. The second-order valence-electron chi connectivity index (χ2n) is 3.57. The minimum absolute atomic E-state index is 0.646. The molecule has 0 unspecified atom stereocenters. The highest BCUT2D eigenvalue weighted by Gasteiger charge is 2.23. The van der Waals surface area contributed by atoms with Gasteiger partial charge in [-0.1, -0.05) is 6.92 Å². The molecule has 2 rings (SSSR count). The lowest BCUT2D eigenvalue weighted by Crippen LogP contribution is -2.22. The second kappa shape index (κ2) is 3.88. The van der Waals surface area contributed by atoms with Gasteiger partial charge in [0.2, 0.25) is 0 Å². The molecule has 0 aromatic carbocycles. The molecule has 2 nitrogen and oxygen atoms in total. The molecule has 0 radical (unpaired) electrons. The molecule has 0 N–H and O–H groups in total. The number of nitrogens with zero attached hydrogens (tertiary/aromatic N) is 2. The number of rotatable bonds is 2. The van der Waals surface area contributed by atoms with Gasteiger partial charge in [-0.15, -0.1) is 0 Å². The van der Waals surface area contributed by atoms with E-state index in [-0.39, 0.29) is 0 Å². The summed E-state index contributed by atoms with van der Waals surface area (Å²) >= 11 is 0. The molecule has 1 saturated heterocycles. The van der Waals surface area contributed by atoms with Gasteiger partial charge < -0.3 is 0 Å². The van der Waals surface area contributed by atoms with Gasteiger partial charge in [-0.2, -0.15) is 0 Å². The predicted molar refractivity (Wildman–Crippen MR) is 53.5 cm³/mol. The van der Waals surface area contributed by atoms with Crippen LogP contribution in [0.15, 0.2) is 24.5 Å². The zero-order valence-corrected chi connectivity index (χ0v) is 8.11. The Morgan fingerprint density at radius 1 is 1.46 bits per heavy atom. The topological polar surface area (TPSA) is 16.1 Å². The van der Waals surface area contributed by atoms with Gasteiger partial charge in [-0.25, -0.2) is 0 Å². The molecule has 1 aromatic rings. The zero-order chi connectivity index (χ0) is 9.10. The van der Waals surface area contributed by atoms with Crippen LogP contribution >= 0.6 is 0 Å². The first-order valence-electron chi connectivity index (χ1n) is 5.06. The van der Waals surface area contributed by atoms with Crippen molar-refractivity contribution in [2.24, 2.45) is 0 Å². The molecule has 1 aliphatic rings. The number of hydrogen-bond acceptors (Lipinski definition) is 2. The summed E-state index contributed by atoms with van der Waals surface area (Å²) in [7, 11) is 0. The molecular formula is C11H16N2. The standard InChI is InChI=1S/C11H16N2/c1-2-13-9-3-4-11(13)10-5-7-12-8-6-10/h5-8,11H,2-4,9H2,1H3/t11-/m0/s1. The largest absolute Gasteiger partial charge is 0.297 e. The SMILES string of the molecule is CCN1CCC[C@H]1c1ccncc1. The van der Waals surface area contributed by atoms with Crippen molar-refractivity contribution in [1.82, 2.24) is 9.88 Å². The van der Waals surface area contributed by atoms with Gasteiger partial charge in [0.1, 0.15) is 0 Å². The number of hydrogen-bond donors (Lipinski definition) is 0. The zero-order valence-electron chi connectivity index (χ0n) is 8.11. The van der Waals surface area contributed by atoms with Crippen LogP contribution in [-0.2, 0) is 0 Å². The molecule has 0 amide bonds. The van der Waals surface area contributed by atoms with Crippen molar-refractivity contribution >= 4 is 0 Å². The summed E-state index contributed by atoms with van der Waals surface area (Å²) in [6.07, 6.45) is 6.42. The molecule has 0 bridgehead atoms. The molecule has 13 heavy (non-hydrogen) atoms. The molecule has 1 aliphatic heterocycles. The van der Waals surface area contributed by atoms with Crippen molar-refractivity contribution < 1.29 is 0 Å². The van der Waals surface area contributed by atoms with Crippen LogP contribution in [0.4, 0.5) is 0 Å². The first-order valence-corrected chi connectivity index (χ1v) is 5.06. The van der Waals surface area contributed by atoms with Gasteiger partial charge in [0.15, 0.2) is 0 Å². The molecule has 0 spiro atoms. The Hall–Kier alpha value is -0.890. The Morgan fingerprint density at radius 3 is 2.92 bits per heavy atom. The maximum atomic E-state index is 4.05. The van der Waals surface area contributed by atoms with E-state index in [1.807, 2.05) is 12.4 Å². The summed E-state index contributed by atoms with van der Waals surface area (Å²) in [4.78, 5) is 6.59. The second-order valence-corrected chi connectivity index (χ2v) is 3.57. The van der Waals surface area contributed by atoms with E-state index in [1.165, 1.54) is 24.9 Å². The number of pyridine rings is 1. The van der Waals surface area contributed by atoms with E-state index >= 15 is 0 Å². The minimum atomic E-state index is 0.646. The van der Waals surface area contributed by atoms with Crippen LogP contribution in [-0.4, -0.2) is 23.0 Å². The molecule has 2 heteroatoms. The Balaban J connectivity index is 2.16. The third kappa shape index (κ3) is 1.73. The summed E-state index contributed by atoms with van der Waals surface area (Å²) < 4.78 is 0. The first-order chi connectivity index (χ1) is 6.42. The van der Waals surface area contributed by atoms with Crippen LogP contribution in [0.3, 0.4) is 0 Å². The average Bonchev–Trinajstić information content (AvgIpc) is 2.67. The fourth-order valence-electron chi connectivity index (χ4n) is 2.17. The van der Waals surface area contributed by atoms with E-state index in [4.69, 9.17) is 0 Å². The van der Waals surface area contributed by atoms with Gasteiger partial charge >= 0.3 is 0 Å². The number of aromatic nitrogens is 1. The smallest absolute Gasteiger partial charge is 0.0349 e. The monoisotopic (exact) mass is 176 g/mol. The molecule has 70 valence electrons. The predicted octanol–water partition coefficient (Wildman–Crippen LogP) is 2.24. The summed E-state index contributed by atoms with van der Waals surface area (Å²) in [5.74, 6) is 0. The van der Waals surface area contributed by atoms with Crippen molar-refractivity contribution in [3.63, 3.8) is 0 Å². The van der Waals surface area contributed by atoms with Gasteiger partial charge in [0, 0.05) is 18.4 Å². The maximum Gasteiger partial charge on any atom is 0.0349 e. The lowest BCUT2D eigenvalue weighted by atomic mass is 10.1. The maximum absolute atomic E-state index is 4.05. The van der Waals surface area contributed by atoms with Crippen LogP contribution in [0.5, 0.6) is 0 Å². The molecule has 1 atom stereocenters. The minimum Gasteiger partial charge on any atom is -0.297 e. The number of likely N-dealkylation sites (tertiary alicyclic amines) is 1. The lowest BCUT2D eigenvalue weighted by Gasteiger charge is -2.22. The molecule has 2 heterocycles. The highest BCUT2D eigenvalue weighted by Crippen LogP contribution is 2.30. The van der Waals surface area contributed by atoms with Crippen molar-refractivity contribution in [3.05, 3.63) is 30.1 Å². The molecule has 1 aromatic heterocycles. The van der Waals surface area contributed by atoms with Gasteiger partial charge in [0.25, 0.3) is 0 Å². The van der Waals surface area contributed by atoms with E-state index in [0.29, 0.717) is 6.04 Å². The molecule has 0 saturated carbocycles. The summed E-state index contributed by atoms with van der Waals surface area (Å²) in [6.45, 7) is 4.65. The third-order valence-electron chi connectivity index (χ3n) is 2.86. The van der Waals surface area contributed by atoms with Gasteiger partial charge in [0.05, 0.1) is 0 Å². The van der Waals surface area contributed by atoms with Crippen molar-refractivity contribution in [2.75, 3.05) is 13.1 Å². The van der Waals surface area contributed by atoms with E-state index in [1.54, 1.807) is 0 Å². The van der Waals surface area contributed by atoms with E-state index in [9.17, 15) is 0 Å². The highest BCUT2D eigenvalue weighted by atomic mass is 15.2. The molecular weight excluding hydrogens is 160 g/mol. The Morgan fingerprint density at radius 2 is 2.23 bits per heavy atom. The van der Waals surface area contributed by atoms with Crippen molar-refractivity contribution in [3.8, 4) is 0 Å². The van der Waals surface area contributed by atoms with Crippen LogP contribution < -0.4 is 0 Å². The van der Waals surface area contributed by atoms with E-state index in [2.05, 4.69) is 28.9 Å². The van der Waals surface area contributed by atoms with E-state index in [0.717, 1.165) is 6.54 Å². The average molecular weight is 176 g/mol. The van der Waals surface area contributed by atoms with Crippen LogP contribution in [0.2, 0.25) is 0 Å². The summed E-state index contributed by atoms with van der Waals surface area (Å²) in [6, 6.07) is 4.92. The van der Waals surface area contributed by atoms with Gasteiger partial charge in [-0.3, -0.25) is 9.88 Å². The van der Waals surface area contributed by atoms with Crippen molar-refractivity contribution in [2.45, 2.75) is 25.8 Å². The summed E-state index contributed by atoms with van der Waals surface area (Å²) in [5, 5.41) is 0. The Bertz CT molecular complexity index is 258. The fourth-order valence-corrected chi connectivity index (χ4v) is 2.17. The lowest BCUT2D eigenvalue weighted by molar-refractivity contribution is 0.271. The Labute approximate surface area is 79.6 Å². The Kier molecular flexibility index (Phi) is 2.60. The van der Waals surface area contributed by atoms with Crippen LogP contribution in [0.1, 0.15) is 31.4 Å². The van der Waals surface area contributed by atoms with Crippen LogP contribution in [0, 0.1) is 0 Å². The van der Waals surface area contributed by atoms with Gasteiger partial charge in [-0.05, 0) is 43.6 Å².